The summed E-state index contributed by atoms with van der Waals surface area (Å²) in [6.07, 6.45) is 4.47. The highest BCUT2D eigenvalue weighted by molar-refractivity contribution is 4.98. The van der Waals surface area contributed by atoms with Crippen molar-refractivity contribution >= 4 is 0 Å². The summed E-state index contributed by atoms with van der Waals surface area (Å²) in [6, 6.07) is 0. The topological polar surface area (TPSA) is 21.3 Å². The Kier molecular flexibility index (Phi) is 9.96. The minimum Gasteiger partial charge on any atom is -0.377 e. The molecule has 2 heteroatoms. The Morgan fingerprint density at radius 2 is 2.13 bits per heavy atom. The Bertz CT molecular complexity index is 164. The smallest absolute Gasteiger partial charge is 0.0674 e. The van der Waals surface area contributed by atoms with Crippen molar-refractivity contribution in [3.8, 4) is 0 Å². The molecule has 0 unspecified atom stereocenters. The van der Waals surface area contributed by atoms with Crippen molar-refractivity contribution in [3.05, 3.63) is 11.6 Å². The molecule has 0 spiro atoms. The third-order valence-corrected chi connectivity index (χ3v) is 2.04. The molecule has 0 aromatic rings. The van der Waals surface area contributed by atoms with Crippen molar-refractivity contribution in [2.75, 3.05) is 26.3 Å². The summed E-state index contributed by atoms with van der Waals surface area (Å²) < 4.78 is 5.45. The summed E-state index contributed by atoms with van der Waals surface area (Å²) in [5.74, 6) is 0.739. The monoisotopic (exact) mass is 213 g/mol. The second kappa shape index (κ2) is 10.2. The van der Waals surface area contributed by atoms with E-state index in [1.165, 1.54) is 5.57 Å². The van der Waals surface area contributed by atoms with E-state index in [-0.39, 0.29) is 0 Å². The van der Waals surface area contributed by atoms with Gasteiger partial charge in [0, 0.05) is 6.61 Å². The number of hydrogen-bond acceptors (Lipinski definition) is 2. The van der Waals surface area contributed by atoms with Crippen LogP contribution in [-0.2, 0) is 4.74 Å². The van der Waals surface area contributed by atoms with Crippen molar-refractivity contribution in [2.24, 2.45) is 5.92 Å². The Hall–Kier alpha value is -0.340. The molecule has 15 heavy (non-hydrogen) atoms. The second-order valence-electron chi connectivity index (χ2n) is 4.49. The molecule has 0 saturated carbocycles. The van der Waals surface area contributed by atoms with Crippen LogP contribution >= 0.6 is 0 Å². The van der Waals surface area contributed by atoms with Gasteiger partial charge in [0.05, 0.1) is 6.61 Å². The summed E-state index contributed by atoms with van der Waals surface area (Å²) in [4.78, 5) is 0. The van der Waals surface area contributed by atoms with E-state index >= 15 is 0 Å². The molecule has 0 aliphatic carbocycles. The lowest BCUT2D eigenvalue weighted by Gasteiger charge is -2.06. The lowest BCUT2D eigenvalue weighted by molar-refractivity contribution is 0.156. The molecule has 0 radical (unpaired) electrons. The first kappa shape index (κ1) is 14.7. The van der Waals surface area contributed by atoms with Crippen LogP contribution in [-0.4, -0.2) is 26.3 Å². The summed E-state index contributed by atoms with van der Waals surface area (Å²) in [5.41, 5.74) is 1.34. The van der Waals surface area contributed by atoms with Gasteiger partial charge in [-0.1, -0.05) is 32.4 Å². The van der Waals surface area contributed by atoms with E-state index in [0.717, 1.165) is 45.1 Å². The van der Waals surface area contributed by atoms with Crippen LogP contribution < -0.4 is 5.32 Å². The molecular weight excluding hydrogens is 186 g/mol. The SMILES string of the molecule is CCCOCC(C)=CCCNCC(C)C. The van der Waals surface area contributed by atoms with Crippen LogP contribution in [0.5, 0.6) is 0 Å². The van der Waals surface area contributed by atoms with Gasteiger partial charge in [-0.15, -0.1) is 0 Å². The van der Waals surface area contributed by atoms with Crippen molar-refractivity contribution < 1.29 is 4.74 Å². The molecule has 0 rings (SSSR count). The maximum atomic E-state index is 5.45. The van der Waals surface area contributed by atoms with E-state index in [9.17, 15) is 0 Å². The molecule has 0 atom stereocenters. The average molecular weight is 213 g/mol. The number of rotatable bonds is 9. The zero-order valence-corrected chi connectivity index (χ0v) is 10.8. The van der Waals surface area contributed by atoms with Crippen LogP contribution in [0, 0.1) is 5.92 Å². The minimum atomic E-state index is 0.739. The quantitative estimate of drug-likeness (QED) is 0.469. The van der Waals surface area contributed by atoms with Gasteiger partial charge >= 0.3 is 0 Å². The minimum absolute atomic E-state index is 0.739. The highest BCUT2D eigenvalue weighted by atomic mass is 16.5. The Morgan fingerprint density at radius 1 is 1.40 bits per heavy atom. The standard InChI is InChI=1S/C13H27NO/c1-5-9-15-11-13(4)7-6-8-14-10-12(2)3/h7,12,14H,5-6,8-11H2,1-4H3. The zero-order valence-electron chi connectivity index (χ0n) is 10.8. The van der Waals surface area contributed by atoms with Gasteiger partial charge in [0.1, 0.15) is 0 Å². The molecule has 0 aliphatic heterocycles. The lowest BCUT2D eigenvalue weighted by atomic mass is 10.2. The first-order chi connectivity index (χ1) is 7.16. The molecular formula is C13H27NO. The molecule has 90 valence electrons. The Balaban J connectivity index is 3.33. The van der Waals surface area contributed by atoms with Crippen molar-refractivity contribution in [2.45, 2.75) is 40.5 Å². The molecule has 0 amide bonds. The normalized spacial score (nSPS) is 12.5. The van der Waals surface area contributed by atoms with Crippen LogP contribution in [0.25, 0.3) is 0 Å². The molecule has 0 aliphatic rings. The summed E-state index contributed by atoms with van der Waals surface area (Å²) in [7, 11) is 0. The predicted octanol–water partition coefficient (Wildman–Crippen LogP) is 3.00. The molecule has 0 fully saturated rings. The van der Waals surface area contributed by atoms with E-state index in [1.54, 1.807) is 0 Å². The number of ether oxygens (including phenoxy) is 1. The highest BCUT2D eigenvalue weighted by Gasteiger charge is 1.92. The van der Waals surface area contributed by atoms with Gasteiger partial charge in [0.15, 0.2) is 0 Å². The fourth-order valence-corrected chi connectivity index (χ4v) is 1.25. The molecule has 0 aromatic heterocycles. The summed E-state index contributed by atoms with van der Waals surface area (Å²) in [5, 5.41) is 3.42. The van der Waals surface area contributed by atoms with Crippen LogP contribution in [0.1, 0.15) is 40.5 Å². The summed E-state index contributed by atoms with van der Waals surface area (Å²) in [6.45, 7) is 12.6. The van der Waals surface area contributed by atoms with Crippen molar-refractivity contribution in [3.63, 3.8) is 0 Å². The van der Waals surface area contributed by atoms with E-state index in [4.69, 9.17) is 4.74 Å². The average Bonchev–Trinajstić information content (AvgIpc) is 2.17. The van der Waals surface area contributed by atoms with E-state index in [1.807, 2.05) is 0 Å². The first-order valence-electron chi connectivity index (χ1n) is 6.10. The molecule has 1 N–H and O–H groups in total. The molecule has 0 heterocycles. The van der Waals surface area contributed by atoms with Crippen LogP contribution in [0.4, 0.5) is 0 Å². The molecule has 0 aromatic carbocycles. The highest BCUT2D eigenvalue weighted by Crippen LogP contribution is 1.97. The van der Waals surface area contributed by atoms with E-state index in [0.29, 0.717) is 0 Å². The van der Waals surface area contributed by atoms with Gasteiger partial charge in [0.2, 0.25) is 0 Å². The Morgan fingerprint density at radius 3 is 2.73 bits per heavy atom. The van der Waals surface area contributed by atoms with Gasteiger partial charge in [-0.2, -0.15) is 0 Å². The van der Waals surface area contributed by atoms with Crippen LogP contribution in [0.15, 0.2) is 11.6 Å². The fourth-order valence-electron chi connectivity index (χ4n) is 1.25. The van der Waals surface area contributed by atoms with Gasteiger partial charge in [-0.3, -0.25) is 0 Å². The fraction of sp³-hybridized carbons (Fsp3) is 0.846. The maximum absolute atomic E-state index is 5.45. The summed E-state index contributed by atoms with van der Waals surface area (Å²) >= 11 is 0. The maximum Gasteiger partial charge on any atom is 0.0674 e. The number of hydrogen-bond donors (Lipinski definition) is 1. The molecule has 2 nitrogen and oxygen atoms in total. The zero-order chi connectivity index (χ0) is 11.5. The van der Waals surface area contributed by atoms with Gasteiger partial charge in [0.25, 0.3) is 0 Å². The predicted molar refractivity (Wildman–Crippen MR) is 67.2 cm³/mol. The third-order valence-electron chi connectivity index (χ3n) is 2.04. The molecule has 0 saturated heterocycles. The van der Waals surface area contributed by atoms with Gasteiger partial charge < -0.3 is 10.1 Å². The third kappa shape index (κ3) is 11.6. The Labute approximate surface area is 95.1 Å². The largest absolute Gasteiger partial charge is 0.377 e. The van der Waals surface area contributed by atoms with Gasteiger partial charge in [-0.25, -0.2) is 0 Å². The number of nitrogens with one attached hydrogen (secondary N) is 1. The van der Waals surface area contributed by atoms with E-state index < -0.39 is 0 Å². The van der Waals surface area contributed by atoms with Crippen molar-refractivity contribution in [1.82, 2.24) is 5.32 Å². The van der Waals surface area contributed by atoms with Gasteiger partial charge in [-0.05, 0) is 38.8 Å². The van der Waals surface area contributed by atoms with Crippen molar-refractivity contribution in [1.29, 1.82) is 0 Å². The van der Waals surface area contributed by atoms with E-state index in [2.05, 4.69) is 39.1 Å². The lowest BCUT2D eigenvalue weighted by Crippen LogP contribution is -2.20. The second-order valence-corrected chi connectivity index (χ2v) is 4.49. The van der Waals surface area contributed by atoms with Crippen LogP contribution in [0.2, 0.25) is 0 Å². The van der Waals surface area contributed by atoms with Crippen LogP contribution in [0.3, 0.4) is 0 Å². The first-order valence-corrected chi connectivity index (χ1v) is 6.10. The molecule has 0 bridgehead atoms.